The van der Waals surface area contributed by atoms with E-state index in [1.54, 1.807) is 12.1 Å². The molecule has 0 spiro atoms. The third-order valence-electron chi connectivity index (χ3n) is 4.53. The van der Waals surface area contributed by atoms with Crippen LogP contribution in [0.1, 0.15) is 45.1 Å². The molecule has 116 valence electrons. The maximum Gasteiger partial charge on any atom is 0.230 e. The van der Waals surface area contributed by atoms with Gasteiger partial charge in [-0.2, -0.15) is 0 Å². The van der Waals surface area contributed by atoms with E-state index >= 15 is 0 Å². The Hall–Kier alpha value is -1.06. The highest BCUT2D eigenvalue weighted by molar-refractivity contribution is 6.30. The standard InChI is InChI=1S/C17H24ClNO2/c1-17(2,13-7-9-14(18)10-8-13)16(21)19-11-12-5-3-4-6-15(12)20/h7-10,12,15,20H,3-6,11H2,1-2H3,(H,19,21)/t12-,15+/m0/s1. The van der Waals surface area contributed by atoms with Gasteiger partial charge in [0.25, 0.3) is 0 Å². The van der Waals surface area contributed by atoms with E-state index in [-0.39, 0.29) is 17.9 Å². The number of rotatable bonds is 4. The largest absolute Gasteiger partial charge is 0.393 e. The third-order valence-corrected chi connectivity index (χ3v) is 4.78. The van der Waals surface area contributed by atoms with E-state index in [1.165, 1.54) is 0 Å². The van der Waals surface area contributed by atoms with Crippen molar-refractivity contribution in [2.75, 3.05) is 6.54 Å². The van der Waals surface area contributed by atoms with Gasteiger partial charge in [-0.1, -0.05) is 36.6 Å². The maximum atomic E-state index is 12.5. The van der Waals surface area contributed by atoms with Gasteiger partial charge in [-0.3, -0.25) is 4.79 Å². The van der Waals surface area contributed by atoms with E-state index in [2.05, 4.69) is 5.32 Å². The zero-order valence-corrected chi connectivity index (χ0v) is 13.5. The summed E-state index contributed by atoms with van der Waals surface area (Å²) in [4.78, 5) is 12.5. The molecule has 21 heavy (non-hydrogen) atoms. The molecule has 0 saturated heterocycles. The Balaban J connectivity index is 1.96. The van der Waals surface area contributed by atoms with Crippen LogP contribution in [0, 0.1) is 5.92 Å². The summed E-state index contributed by atoms with van der Waals surface area (Å²) in [6.07, 6.45) is 3.78. The molecule has 3 nitrogen and oxygen atoms in total. The fraction of sp³-hybridized carbons (Fsp3) is 0.588. The maximum absolute atomic E-state index is 12.5. The van der Waals surface area contributed by atoms with Crippen LogP contribution >= 0.6 is 11.6 Å². The molecular weight excluding hydrogens is 286 g/mol. The predicted molar refractivity (Wildman–Crippen MR) is 85.5 cm³/mol. The third kappa shape index (κ3) is 3.98. The molecule has 2 atom stereocenters. The number of benzene rings is 1. The smallest absolute Gasteiger partial charge is 0.230 e. The Labute approximate surface area is 131 Å². The minimum absolute atomic E-state index is 0.0115. The lowest BCUT2D eigenvalue weighted by Crippen LogP contribution is -2.44. The highest BCUT2D eigenvalue weighted by Crippen LogP contribution is 2.26. The summed E-state index contributed by atoms with van der Waals surface area (Å²) in [5, 5.41) is 13.6. The zero-order valence-electron chi connectivity index (χ0n) is 12.7. The van der Waals surface area contributed by atoms with Crippen LogP contribution in [0.3, 0.4) is 0 Å². The first-order valence-electron chi connectivity index (χ1n) is 7.63. The zero-order chi connectivity index (χ0) is 15.5. The van der Waals surface area contributed by atoms with Crippen molar-refractivity contribution in [2.45, 2.75) is 51.0 Å². The van der Waals surface area contributed by atoms with Crippen LogP contribution in [-0.2, 0) is 10.2 Å². The summed E-state index contributed by atoms with van der Waals surface area (Å²) in [6, 6.07) is 7.38. The number of nitrogens with one attached hydrogen (secondary N) is 1. The monoisotopic (exact) mass is 309 g/mol. The molecule has 0 radical (unpaired) electrons. The minimum Gasteiger partial charge on any atom is -0.393 e. The summed E-state index contributed by atoms with van der Waals surface area (Å²) in [5.41, 5.74) is 0.332. The first-order valence-corrected chi connectivity index (χ1v) is 8.01. The molecular formula is C17H24ClNO2. The van der Waals surface area contributed by atoms with Gasteiger partial charge in [0.05, 0.1) is 11.5 Å². The molecule has 1 amide bonds. The number of carbonyl (C=O) groups excluding carboxylic acids is 1. The Morgan fingerprint density at radius 2 is 1.90 bits per heavy atom. The average Bonchev–Trinajstić information content (AvgIpc) is 2.46. The highest BCUT2D eigenvalue weighted by Gasteiger charge is 2.31. The minimum atomic E-state index is -0.607. The van der Waals surface area contributed by atoms with Crippen LogP contribution in [0.2, 0.25) is 5.02 Å². The molecule has 1 aromatic rings. The van der Waals surface area contributed by atoms with Gasteiger partial charge >= 0.3 is 0 Å². The molecule has 2 N–H and O–H groups in total. The van der Waals surface area contributed by atoms with Crippen molar-refractivity contribution < 1.29 is 9.90 Å². The Kier molecular flexibility index (Phi) is 5.28. The molecule has 0 aliphatic heterocycles. The molecule has 0 heterocycles. The molecule has 0 unspecified atom stereocenters. The molecule has 1 saturated carbocycles. The second kappa shape index (κ2) is 6.80. The van der Waals surface area contributed by atoms with Gasteiger partial charge in [-0.05, 0) is 44.4 Å². The normalized spacial score (nSPS) is 22.9. The fourth-order valence-corrected chi connectivity index (χ4v) is 2.99. The van der Waals surface area contributed by atoms with E-state index in [0.717, 1.165) is 31.2 Å². The molecule has 1 aliphatic carbocycles. The second-order valence-electron chi connectivity index (χ2n) is 6.45. The van der Waals surface area contributed by atoms with Gasteiger partial charge in [-0.25, -0.2) is 0 Å². The van der Waals surface area contributed by atoms with Gasteiger partial charge < -0.3 is 10.4 Å². The van der Waals surface area contributed by atoms with E-state index < -0.39 is 5.41 Å². The van der Waals surface area contributed by atoms with Gasteiger partial charge in [-0.15, -0.1) is 0 Å². The number of aliphatic hydroxyl groups is 1. The van der Waals surface area contributed by atoms with Crippen LogP contribution in [0.25, 0.3) is 0 Å². The van der Waals surface area contributed by atoms with Crippen molar-refractivity contribution in [2.24, 2.45) is 5.92 Å². The summed E-state index contributed by atoms with van der Waals surface area (Å²) >= 11 is 5.89. The molecule has 4 heteroatoms. The Morgan fingerprint density at radius 1 is 1.29 bits per heavy atom. The van der Waals surface area contributed by atoms with E-state index in [1.807, 2.05) is 26.0 Å². The first-order chi connectivity index (χ1) is 9.91. The van der Waals surface area contributed by atoms with Gasteiger partial charge in [0, 0.05) is 17.5 Å². The average molecular weight is 310 g/mol. The van der Waals surface area contributed by atoms with Gasteiger partial charge in [0.1, 0.15) is 0 Å². The van der Waals surface area contributed by atoms with Crippen LogP contribution < -0.4 is 5.32 Å². The first kappa shape index (κ1) is 16.3. The number of amides is 1. The number of halogens is 1. The summed E-state index contributed by atoms with van der Waals surface area (Å²) < 4.78 is 0. The van der Waals surface area contributed by atoms with Crippen molar-refractivity contribution in [3.05, 3.63) is 34.9 Å². The molecule has 1 fully saturated rings. The van der Waals surface area contributed by atoms with Crippen molar-refractivity contribution in [3.63, 3.8) is 0 Å². The number of hydrogen-bond acceptors (Lipinski definition) is 2. The van der Waals surface area contributed by atoms with Gasteiger partial charge in [0.2, 0.25) is 5.91 Å². The topological polar surface area (TPSA) is 49.3 Å². The van der Waals surface area contributed by atoms with Crippen LogP contribution in [0.4, 0.5) is 0 Å². The number of carbonyl (C=O) groups is 1. The number of hydrogen-bond donors (Lipinski definition) is 2. The lowest BCUT2D eigenvalue weighted by molar-refractivity contribution is -0.126. The van der Waals surface area contributed by atoms with Crippen molar-refractivity contribution in [1.82, 2.24) is 5.32 Å². The highest BCUT2D eigenvalue weighted by atomic mass is 35.5. The molecule has 2 rings (SSSR count). The van der Waals surface area contributed by atoms with Crippen LogP contribution in [-0.4, -0.2) is 23.7 Å². The van der Waals surface area contributed by atoms with Crippen LogP contribution in [0.15, 0.2) is 24.3 Å². The molecule has 0 aromatic heterocycles. The van der Waals surface area contributed by atoms with E-state index in [0.29, 0.717) is 11.6 Å². The lowest BCUT2D eigenvalue weighted by Gasteiger charge is -2.30. The predicted octanol–water partition coefficient (Wildman–Crippen LogP) is 3.28. The van der Waals surface area contributed by atoms with Crippen molar-refractivity contribution in [1.29, 1.82) is 0 Å². The van der Waals surface area contributed by atoms with Gasteiger partial charge in [0.15, 0.2) is 0 Å². The molecule has 1 aliphatic rings. The fourth-order valence-electron chi connectivity index (χ4n) is 2.87. The summed E-state index contributed by atoms with van der Waals surface area (Å²) in [7, 11) is 0. The number of aliphatic hydroxyl groups excluding tert-OH is 1. The van der Waals surface area contributed by atoms with Crippen molar-refractivity contribution in [3.8, 4) is 0 Å². The second-order valence-corrected chi connectivity index (χ2v) is 6.89. The van der Waals surface area contributed by atoms with Crippen molar-refractivity contribution >= 4 is 17.5 Å². The SMILES string of the molecule is CC(C)(C(=O)NC[C@@H]1CCCC[C@H]1O)c1ccc(Cl)cc1. The Bertz CT molecular complexity index is 484. The van der Waals surface area contributed by atoms with Crippen LogP contribution in [0.5, 0.6) is 0 Å². The summed E-state index contributed by atoms with van der Waals surface area (Å²) in [6.45, 7) is 4.36. The summed E-state index contributed by atoms with van der Waals surface area (Å²) in [5.74, 6) is 0.173. The lowest BCUT2D eigenvalue weighted by atomic mass is 9.82. The quantitative estimate of drug-likeness (QED) is 0.896. The molecule has 0 bridgehead atoms. The van der Waals surface area contributed by atoms with E-state index in [4.69, 9.17) is 11.6 Å². The van der Waals surface area contributed by atoms with E-state index in [9.17, 15) is 9.90 Å². The molecule has 1 aromatic carbocycles. The Morgan fingerprint density at radius 3 is 2.52 bits per heavy atom.